The summed E-state index contributed by atoms with van der Waals surface area (Å²) in [5.41, 5.74) is 31.6. The topological polar surface area (TPSA) is 4.93 Å². The molecule has 0 unspecified atom stereocenters. The summed E-state index contributed by atoms with van der Waals surface area (Å²) in [7, 11) is 0. The molecule has 0 amide bonds. The van der Waals surface area contributed by atoms with E-state index < -0.39 is 0 Å². The van der Waals surface area contributed by atoms with Gasteiger partial charge in [-0.3, -0.25) is 0 Å². The van der Waals surface area contributed by atoms with Crippen LogP contribution >= 0.6 is 0 Å². The molecule has 0 saturated carbocycles. The molecule has 9 aromatic carbocycles. The van der Waals surface area contributed by atoms with Gasteiger partial charge in [0, 0.05) is 16.5 Å². The Hall–Kier alpha value is -7.22. The molecule has 0 fully saturated rings. The summed E-state index contributed by atoms with van der Waals surface area (Å²) in [6.45, 7) is 44.7. The van der Waals surface area contributed by atoms with Crippen LogP contribution in [0.5, 0.6) is 0 Å². The van der Waals surface area contributed by atoms with Gasteiger partial charge >= 0.3 is 0 Å². The van der Waals surface area contributed by atoms with Gasteiger partial charge in [-0.05, 0) is 288 Å². The van der Waals surface area contributed by atoms with Crippen molar-refractivity contribution in [3.63, 3.8) is 0 Å². The summed E-state index contributed by atoms with van der Waals surface area (Å²) < 4.78 is 2.57. The predicted molar refractivity (Wildman–Crippen MR) is 400 cm³/mol. The highest BCUT2D eigenvalue weighted by Crippen LogP contribution is 2.44. The molecule has 10 aromatic rings. The summed E-state index contributed by atoms with van der Waals surface area (Å²) in [5.74, 6) is 4.49. The van der Waals surface area contributed by atoms with Crippen LogP contribution in [0.1, 0.15) is 182 Å². The Morgan fingerprint density at radius 1 is 0.242 bits per heavy atom. The number of benzene rings is 9. The lowest BCUT2D eigenvalue weighted by atomic mass is 9.85. The molecule has 0 N–H and O–H groups in total. The van der Waals surface area contributed by atoms with Crippen LogP contribution in [0.15, 0.2) is 170 Å². The number of rotatable bonds is 23. The third-order valence-corrected chi connectivity index (χ3v) is 17.9. The molecule has 0 bridgehead atoms. The standard InChI is InChI=1S/C90H109N/c1-56(2)28-64-36-65(29-57(3)4)41-74(40-64)80-48-78(49-81(52-80)75-42-66(30-58(5)6)37-67(43-75)31-59(7)8)72-24-26-87-84(54-72)85-55-73(25-27-88(85)91(87)89-23-21-20-22-86(89)90(17,18)19)79-50-82(76-44-68(32-60(9)10)38-69(45-76)33-61(11)12)53-83(51-79)77-46-70(34-62(13)14)39-71(47-77)35-63(15)16/h20-27,36-63H,28-35H2,1-19H3. The summed E-state index contributed by atoms with van der Waals surface area (Å²) in [6, 6.07) is 68.8. The maximum atomic E-state index is 2.57. The summed E-state index contributed by atoms with van der Waals surface area (Å²) in [6.07, 6.45) is 8.47. The quantitative estimate of drug-likeness (QED) is 0.0602. The predicted octanol–water partition coefficient (Wildman–Crippen LogP) is 25.7. The van der Waals surface area contributed by atoms with E-state index in [4.69, 9.17) is 0 Å². The molecule has 0 aliphatic carbocycles. The monoisotopic (exact) mass is 1200 g/mol. The molecular formula is C90H109N. The van der Waals surface area contributed by atoms with Crippen LogP contribution in [0.2, 0.25) is 0 Å². The van der Waals surface area contributed by atoms with Crippen molar-refractivity contribution in [2.75, 3.05) is 0 Å². The minimum atomic E-state index is -0.0842. The highest BCUT2D eigenvalue weighted by Gasteiger charge is 2.24. The Balaban J connectivity index is 1.25. The van der Waals surface area contributed by atoms with E-state index in [9.17, 15) is 0 Å². The highest BCUT2D eigenvalue weighted by molar-refractivity contribution is 6.12. The molecule has 474 valence electrons. The Morgan fingerprint density at radius 2 is 0.462 bits per heavy atom. The van der Waals surface area contributed by atoms with Crippen LogP contribution in [-0.4, -0.2) is 4.57 Å². The zero-order valence-electron chi connectivity index (χ0n) is 59.4. The molecule has 1 aromatic heterocycles. The van der Waals surface area contributed by atoms with Crippen molar-refractivity contribution in [1.29, 1.82) is 0 Å². The van der Waals surface area contributed by atoms with Gasteiger partial charge < -0.3 is 4.57 Å². The van der Waals surface area contributed by atoms with Gasteiger partial charge in [0.1, 0.15) is 0 Å². The number of para-hydroxylation sites is 1. The van der Waals surface area contributed by atoms with Gasteiger partial charge in [0.25, 0.3) is 0 Å². The fraction of sp³-hybridized carbons (Fsp3) is 0.400. The van der Waals surface area contributed by atoms with Gasteiger partial charge in [-0.2, -0.15) is 0 Å². The van der Waals surface area contributed by atoms with Crippen molar-refractivity contribution in [3.8, 4) is 72.4 Å². The first kappa shape index (κ1) is 66.7. The maximum absolute atomic E-state index is 2.57. The largest absolute Gasteiger partial charge is 0.309 e. The SMILES string of the molecule is CC(C)Cc1cc(CC(C)C)cc(-c2cc(-c3cc(CC(C)C)cc(CC(C)C)c3)cc(-c3ccc4c(c3)c3cc(-c5cc(-c6cc(CC(C)C)cc(CC(C)C)c6)cc(-c6cc(CC(C)C)cc(CC(C)C)c6)c5)ccc3n4-c3ccccc3C(C)(C)C)c2)c1. The average Bonchev–Trinajstić information content (AvgIpc) is 1.59. The summed E-state index contributed by atoms with van der Waals surface area (Å²) >= 11 is 0. The van der Waals surface area contributed by atoms with Crippen LogP contribution in [-0.2, 0) is 56.8 Å². The number of fused-ring (bicyclic) bond motifs is 3. The summed E-state index contributed by atoms with van der Waals surface area (Å²) in [5, 5.41) is 2.52. The van der Waals surface area contributed by atoms with E-state index in [1.807, 2.05) is 0 Å². The third kappa shape index (κ3) is 16.7. The van der Waals surface area contributed by atoms with Crippen molar-refractivity contribution in [3.05, 3.63) is 220 Å². The van der Waals surface area contributed by atoms with Crippen molar-refractivity contribution >= 4 is 21.8 Å². The second-order valence-corrected chi connectivity index (χ2v) is 32.1. The Bertz CT molecular complexity index is 3650. The van der Waals surface area contributed by atoms with E-state index in [1.165, 1.54) is 144 Å². The number of aromatic nitrogens is 1. The molecule has 0 spiro atoms. The molecule has 1 heterocycles. The zero-order chi connectivity index (χ0) is 65.2. The highest BCUT2D eigenvalue weighted by atomic mass is 15.0. The van der Waals surface area contributed by atoms with Crippen molar-refractivity contribution in [2.24, 2.45) is 47.3 Å². The lowest BCUT2D eigenvalue weighted by Gasteiger charge is -2.24. The lowest BCUT2D eigenvalue weighted by Crippen LogP contribution is -2.15. The fourth-order valence-electron chi connectivity index (χ4n) is 14.6. The van der Waals surface area contributed by atoms with Gasteiger partial charge in [-0.25, -0.2) is 0 Å². The van der Waals surface area contributed by atoms with Crippen molar-refractivity contribution < 1.29 is 0 Å². The molecule has 0 radical (unpaired) electrons. The number of nitrogens with zero attached hydrogens (tertiary/aromatic N) is 1. The zero-order valence-corrected chi connectivity index (χ0v) is 59.4. The second-order valence-electron chi connectivity index (χ2n) is 32.1. The molecule has 1 heteroatoms. The van der Waals surface area contributed by atoms with Gasteiger partial charge in [0.15, 0.2) is 0 Å². The fourth-order valence-corrected chi connectivity index (χ4v) is 14.6. The van der Waals surface area contributed by atoms with Crippen molar-refractivity contribution in [1.82, 2.24) is 4.57 Å². The van der Waals surface area contributed by atoms with E-state index >= 15 is 0 Å². The Labute approximate surface area is 551 Å². The normalized spacial score (nSPS) is 12.4. The number of hydrogen-bond donors (Lipinski definition) is 0. The van der Waals surface area contributed by atoms with E-state index in [-0.39, 0.29) is 5.41 Å². The number of hydrogen-bond acceptors (Lipinski definition) is 0. The first-order chi connectivity index (χ1) is 43.2. The Kier molecular flexibility index (Phi) is 20.8. The molecule has 91 heavy (non-hydrogen) atoms. The molecule has 1 nitrogen and oxygen atoms in total. The van der Waals surface area contributed by atoms with Gasteiger partial charge in [-0.1, -0.05) is 235 Å². The van der Waals surface area contributed by atoms with E-state index in [0.717, 1.165) is 51.4 Å². The minimum absolute atomic E-state index is 0.0842. The van der Waals surface area contributed by atoms with E-state index in [2.05, 4.69) is 306 Å². The van der Waals surface area contributed by atoms with Gasteiger partial charge in [0.2, 0.25) is 0 Å². The minimum Gasteiger partial charge on any atom is -0.309 e. The molecular weight excluding hydrogens is 1090 g/mol. The van der Waals surface area contributed by atoms with Gasteiger partial charge in [0.05, 0.1) is 11.0 Å². The average molecular weight is 1200 g/mol. The second kappa shape index (κ2) is 28.3. The van der Waals surface area contributed by atoms with Crippen LogP contribution < -0.4 is 0 Å². The lowest BCUT2D eigenvalue weighted by molar-refractivity contribution is 0.587. The molecule has 0 saturated heterocycles. The third-order valence-electron chi connectivity index (χ3n) is 17.9. The summed E-state index contributed by atoms with van der Waals surface area (Å²) in [4.78, 5) is 0. The van der Waals surface area contributed by atoms with Crippen LogP contribution in [0.3, 0.4) is 0 Å². The maximum Gasteiger partial charge on any atom is 0.0541 e. The van der Waals surface area contributed by atoms with Crippen molar-refractivity contribution in [2.45, 2.75) is 188 Å². The smallest absolute Gasteiger partial charge is 0.0541 e. The first-order valence-electron chi connectivity index (χ1n) is 35.2. The van der Waals surface area contributed by atoms with E-state index in [0.29, 0.717) is 47.3 Å². The van der Waals surface area contributed by atoms with Gasteiger partial charge in [-0.15, -0.1) is 0 Å². The molecule has 0 aliphatic heterocycles. The molecule has 10 rings (SSSR count). The van der Waals surface area contributed by atoms with Crippen LogP contribution in [0.4, 0.5) is 0 Å². The van der Waals surface area contributed by atoms with Crippen LogP contribution in [0, 0.1) is 47.3 Å². The first-order valence-corrected chi connectivity index (χ1v) is 35.2. The van der Waals surface area contributed by atoms with Crippen LogP contribution in [0.25, 0.3) is 94.3 Å². The van der Waals surface area contributed by atoms with E-state index in [1.54, 1.807) is 0 Å². The molecule has 0 atom stereocenters. The Morgan fingerprint density at radius 3 is 0.692 bits per heavy atom. The molecule has 0 aliphatic rings.